The zero-order valence-corrected chi connectivity index (χ0v) is 13.7. The van der Waals surface area contributed by atoms with Crippen LogP contribution in [-0.2, 0) is 4.74 Å². The van der Waals surface area contributed by atoms with E-state index < -0.39 is 0 Å². The molecular formula is C14H27N5O2. The molecular weight excluding hydrogens is 270 g/mol. The molecule has 1 unspecified atom stereocenters. The molecule has 0 fully saturated rings. The smallest absolute Gasteiger partial charge is 0.323 e. The molecule has 1 rings (SSSR count). The van der Waals surface area contributed by atoms with Crippen molar-refractivity contribution in [3.8, 4) is 6.01 Å². The average Bonchev–Trinajstić information content (AvgIpc) is 2.46. The molecule has 1 aromatic heterocycles. The van der Waals surface area contributed by atoms with Gasteiger partial charge in [0.15, 0.2) is 0 Å². The number of hydrogen-bond donors (Lipinski definition) is 1. The van der Waals surface area contributed by atoms with Gasteiger partial charge in [-0.15, -0.1) is 0 Å². The van der Waals surface area contributed by atoms with Crippen LogP contribution in [0.5, 0.6) is 6.01 Å². The summed E-state index contributed by atoms with van der Waals surface area (Å²) in [6, 6.07) is 0.329. The maximum Gasteiger partial charge on any atom is 0.323 e. The number of hydrogen-bond acceptors (Lipinski definition) is 7. The summed E-state index contributed by atoms with van der Waals surface area (Å²) in [5.41, 5.74) is 0. The van der Waals surface area contributed by atoms with E-state index in [9.17, 15) is 0 Å². The van der Waals surface area contributed by atoms with Gasteiger partial charge in [-0.05, 0) is 34.6 Å². The van der Waals surface area contributed by atoms with Crippen molar-refractivity contribution in [3.05, 3.63) is 0 Å². The molecule has 0 saturated heterocycles. The van der Waals surface area contributed by atoms with Gasteiger partial charge in [0, 0.05) is 26.2 Å². The van der Waals surface area contributed by atoms with Crippen molar-refractivity contribution in [2.24, 2.45) is 0 Å². The van der Waals surface area contributed by atoms with E-state index in [4.69, 9.17) is 9.47 Å². The fraction of sp³-hybridized carbons (Fsp3) is 0.786. The molecule has 0 aliphatic carbocycles. The summed E-state index contributed by atoms with van der Waals surface area (Å²) >= 11 is 0. The molecule has 0 aliphatic rings. The second kappa shape index (κ2) is 9.33. The predicted octanol–water partition coefficient (Wildman–Crippen LogP) is 1.95. The SMILES string of the molecule is CCNc1nc(OC(C)COCC)nc(N(CC)CC)n1. The minimum Gasteiger partial charge on any atom is -0.458 e. The summed E-state index contributed by atoms with van der Waals surface area (Å²) in [5.74, 6) is 1.16. The Bertz CT molecular complexity index is 412. The molecule has 0 aromatic carbocycles. The molecule has 120 valence electrons. The van der Waals surface area contributed by atoms with Gasteiger partial charge in [0.25, 0.3) is 0 Å². The van der Waals surface area contributed by atoms with E-state index in [1.54, 1.807) is 0 Å². The zero-order chi connectivity index (χ0) is 15.7. The standard InChI is InChI=1S/C14H27N5O2/c1-6-15-12-16-13(19(7-2)8-3)18-14(17-12)21-11(5)10-20-9-4/h11H,6-10H2,1-5H3,(H,15,16,17,18). The minimum atomic E-state index is -0.105. The highest BCUT2D eigenvalue weighted by molar-refractivity contribution is 5.38. The number of rotatable bonds is 10. The summed E-state index contributed by atoms with van der Waals surface area (Å²) in [6.07, 6.45) is -0.105. The van der Waals surface area contributed by atoms with Crippen LogP contribution >= 0.6 is 0 Å². The van der Waals surface area contributed by atoms with Crippen LogP contribution in [0.25, 0.3) is 0 Å². The van der Waals surface area contributed by atoms with E-state index in [1.807, 2.05) is 20.8 Å². The lowest BCUT2D eigenvalue weighted by molar-refractivity contribution is 0.0607. The molecule has 7 nitrogen and oxygen atoms in total. The summed E-state index contributed by atoms with van der Waals surface area (Å²) in [4.78, 5) is 15.2. The highest BCUT2D eigenvalue weighted by Crippen LogP contribution is 2.16. The van der Waals surface area contributed by atoms with Gasteiger partial charge in [0.1, 0.15) is 6.10 Å². The van der Waals surface area contributed by atoms with Crippen molar-refractivity contribution in [2.45, 2.75) is 40.7 Å². The topological polar surface area (TPSA) is 72.4 Å². The Hall–Kier alpha value is -1.63. The number of nitrogens with one attached hydrogen (secondary N) is 1. The van der Waals surface area contributed by atoms with E-state index in [0.717, 1.165) is 19.6 Å². The van der Waals surface area contributed by atoms with Crippen molar-refractivity contribution in [1.29, 1.82) is 0 Å². The second-order valence-corrected chi connectivity index (χ2v) is 4.53. The highest BCUT2D eigenvalue weighted by Gasteiger charge is 2.14. The van der Waals surface area contributed by atoms with E-state index in [-0.39, 0.29) is 6.10 Å². The van der Waals surface area contributed by atoms with Crippen LogP contribution in [0.4, 0.5) is 11.9 Å². The van der Waals surface area contributed by atoms with Crippen molar-refractivity contribution < 1.29 is 9.47 Å². The van der Waals surface area contributed by atoms with Crippen LogP contribution in [0, 0.1) is 0 Å². The molecule has 0 saturated carbocycles. The van der Waals surface area contributed by atoms with Gasteiger partial charge in [0.05, 0.1) is 6.61 Å². The number of nitrogens with zero attached hydrogens (tertiary/aromatic N) is 4. The van der Waals surface area contributed by atoms with Gasteiger partial charge >= 0.3 is 6.01 Å². The fourth-order valence-corrected chi connectivity index (χ4v) is 1.78. The van der Waals surface area contributed by atoms with Crippen LogP contribution in [0.2, 0.25) is 0 Å². The van der Waals surface area contributed by atoms with E-state index in [0.29, 0.717) is 31.1 Å². The zero-order valence-electron chi connectivity index (χ0n) is 13.7. The first-order valence-corrected chi connectivity index (χ1v) is 7.63. The predicted molar refractivity (Wildman–Crippen MR) is 84.1 cm³/mol. The largest absolute Gasteiger partial charge is 0.458 e. The molecule has 1 heterocycles. The third kappa shape index (κ3) is 5.71. The lowest BCUT2D eigenvalue weighted by Crippen LogP contribution is -2.26. The molecule has 0 amide bonds. The van der Waals surface area contributed by atoms with Crippen molar-refractivity contribution in [2.75, 3.05) is 43.1 Å². The lowest BCUT2D eigenvalue weighted by Gasteiger charge is -2.20. The van der Waals surface area contributed by atoms with Gasteiger partial charge in [-0.25, -0.2) is 0 Å². The molecule has 0 spiro atoms. The van der Waals surface area contributed by atoms with E-state index in [2.05, 4.69) is 39.0 Å². The van der Waals surface area contributed by atoms with Crippen molar-refractivity contribution in [1.82, 2.24) is 15.0 Å². The van der Waals surface area contributed by atoms with Crippen LogP contribution < -0.4 is 15.0 Å². The molecule has 0 aliphatic heterocycles. The average molecular weight is 297 g/mol. The van der Waals surface area contributed by atoms with E-state index >= 15 is 0 Å². The van der Waals surface area contributed by atoms with Gasteiger partial charge in [-0.1, -0.05) is 0 Å². The summed E-state index contributed by atoms with van der Waals surface area (Å²) in [6.45, 7) is 13.6. The first kappa shape index (κ1) is 17.4. The molecule has 0 radical (unpaired) electrons. The third-order valence-electron chi connectivity index (χ3n) is 2.85. The van der Waals surface area contributed by atoms with Crippen LogP contribution in [0.15, 0.2) is 0 Å². The normalized spacial score (nSPS) is 12.0. The maximum absolute atomic E-state index is 5.73. The Morgan fingerprint density at radius 2 is 1.81 bits per heavy atom. The van der Waals surface area contributed by atoms with Gasteiger partial charge in [-0.2, -0.15) is 15.0 Å². The van der Waals surface area contributed by atoms with E-state index in [1.165, 1.54) is 0 Å². The summed E-state index contributed by atoms with van der Waals surface area (Å²) < 4.78 is 11.1. The van der Waals surface area contributed by atoms with Gasteiger partial charge in [-0.3, -0.25) is 0 Å². The Morgan fingerprint density at radius 3 is 2.38 bits per heavy atom. The monoisotopic (exact) mass is 297 g/mol. The quantitative estimate of drug-likeness (QED) is 0.707. The summed E-state index contributed by atoms with van der Waals surface area (Å²) in [7, 11) is 0. The first-order valence-electron chi connectivity index (χ1n) is 7.63. The molecule has 0 bridgehead atoms. The van der Waals surface area contributed by atoms with Crippen LogP contribution in [-0.4, -0.2) is 53.9 Å². The van der Waals surface area contributed by atoms with Crippen LogP contribution in [0.3, 0.4) is 0 Å². The van der Waals surface area contributed by atoms with Gasteiger partial charge in [0.2, 0.25) is 11.9 Å². The highest BCUT2D eigenvalue weighted by atomic mass is 16.5. The molecule has 7 heteroatoms. The number of aromatic nitrogens is 3. The van der Waals surface area contributed by atoms with Crippen molar-refractivity contribution >= 4 is 11.9 Å². The lowest BCUT2D eigenvalue weighted by atomic mass is 10.4. The Balaban J connectivity index is 2.90. The molecule has 1 aromatic rings. The minimum absolute atomic E-state index is 0.105. The van der Waals surface area contributed by atoms with Gasteiger partial charge < -0.3 is 19.7 Å². The molecule has 1 N–H and O–H groups in total. The molecule has 21 heavy (non-hydrogen) atoms. The number of ether oxygens (including phenoxy) is 2. The number of anilines is 2. The molecule has 1 atom stereocenters. The van der Waals surface area contributed by atoms with Crippen molar-refractivity contribution in [3.63, 3.8) is 0 Å². The Kier molecular flexibility index (Phi) is 7.74. The van der Waals surface area contributed by atoms with Crippen LogP contribution in [0.1, 0.15) is 34.6 Å². The maximum atomic E-state index is 5.73. The second-order valence-electron chi connectivity index (χ2n) is 4.53. The Morgan fingerprint density at radius 1 is 1.10 bits per heavy atom. The Labute approximate surface area is 127 Å². The summed E-state index contributed by atoms with van der Waals surface area (Å²) in [5, 5.41) is 3.11. The third-order valence-corrected chi connectivity index (χ3v) is 2.85. The first-order chi connectivity index (χ1) is 10.1. The fourth-order valence-electron chi connectivity index (χ4n) is 1.78.